The van der Waals surface area contributed by atoms with E-state index in [0.29, 0.717) is 30.5 Å². The predicted octanol–water partition coefficient (Wildman–Crippen LogP) is 4.06. The fourth-order valence-corrected chi connectivity index (χ4v) is 3.13. The van der Waals surface area contributed by atoms with Gasteiger partial charge in [-0.3, -0.25) is 9.79 Å². The number of carbonyl (C=O) groups is 1. The molecule has 7 heteroatoms. The van der Waals surface area contributed by atoms with Crippen LogP contribution in [-0.2, 0) is 13.1 Å². The molecular weight excluding hydrogens is 414 g/mol. The molecule has 172 valence electrons. The highest BCUT2D eigenvalue weighted by atomic mass is 16.5. The number of benzene rings is 2. The zero-order chi connectivity index (χ0) is 23.8. The zero-order valence-corrected chi connectivity index (χ0v) is 19.8. The van der Waals surface area contributed by atoms with Crippen molar-refractivity contribution in [1.82, 2.24) is 20.5 Å². The molecule has 0 bridgehead atoms. The number of aromatic nitrogens is 1. The van der Waals surface area contributed by atoms with Gasteiger partial charge in [-0.2, -0.15) is 0 Å². The van der Waals surface area contributed by atoms with Crippen LogP contribution in [0.3, 0.4) is 0 Å². The van der Waals surface area contributed by atoms with Gasteiger partial charge in [-0.15, -0.1) is 0 Å². The zero-order valence-electron chi connectivity index (χ0n) is 19.8. The highest BCUT2D eigenvalue weighted by Gasteiger charge is 2.08. The van der Waals surface area contributed by atoms with E-state index in [2.05, 4.69) is 34.5 Å². The summed E-state index contributed by atoms with van der Waals surface area (Å²) >= 11 is 0. The molecule has 2 aromatic carbocycles. The normalized spacial score (nSPS) is 11.1. The summed E-state index contributed by atoms with van der Waals surface area (Å²) in [7, 11) is 5.22. The summed E-state index contributed by atoms with van der Waals surface area (Å²) < 4.78 is 5.92. The lowest BCUT2D eigenvalue weighted by Crippen LogP contribution is -2.36. The summed E-state index contributed by atoms with van der Waals surface area (Å²) in [5.74, 6) is 1.99. The van der Waals surface area contributed by atoms with Crippen LogP contribution in [0, 0.1) is 13.8 Å². The Morgan fingerprint density at radius 2 is 1.64 bits per heavy atom. The van der Waals surface area contributed by atoms with Crippen LogP contribution >= 0.6 is 0 Å². The Morgan fingerprint density at radius 3 is 2.27 bits per heavy atom. The molecule has 0 aliphatic rings. The first-order chi connectivity index (χ1) is 15.9. The molecule has 0 radical (unpaired) electrons. The van der Waals surface area contributed by atoms with Gasteiger partial charge in [0.05, 0.1) is 0 Å². The number of nitrogens with zero attached hydrogens (tertiary/aromatic N) is 3. The van der Waals surface area contributed by atoms with Crippen LogP contribution in [0.2, 0.25) is 0 Å². The SMILES string of the molecule is CN=C(NCc1ccc(C(=O)N(C)C)cc1)NCc1ccnc(Oc2ccc(C)c(C)c2)c1. The lowest BCUT2D eigenvalue weighted by molar-refractivity contribution is 0.0827. The Kier molecular flexibility index (Phi) is 8.02. The van der Waals surface area contributed by atoms with Crippen LogP contribution < -0.4 is 15.4 Å². The second-order valence-electron chi connectivity index (χ2n) is 8.03. The van der Waals surface area contributed by atoms with E-state index in [1.54, 1.807) is 32.2 Å². The summed E-state index contributed by atoms with van der Waals surface area (Å²) in [6.45, 7) is 5.30. The van der Waals surface area contributed by atoms with Crippen molar-refractivity contribution in [3.63, 3.8) is 0 Å². The minimum absolute atomic E-state index is 0.00908. The largest absolute Gasteiger partial charge is 0.439 e. The molecule has 1 heterocycles. The summed E-state index contributed by atoms with van der Waals surface area (Å²) in [4.78, 5) is 22.2. The fraction of sp³-hybridized carbons (Fsp3) is 0.269. The summed E-state index contributed by atoms with van der Waals surface area (Å²) in [5, 5.41) is 6.59. The van der Waals surface area contributed by atoms with E-state index in [1.807, 2.05) is 54.6 Å². The van der Waals surface area contributed by atoms with Gasteiger partial charge in [0.15, 0.2) is 5.96 Å². The van der Waals surface area contributed by atoms with Crippen molar-refractivity contribution in [1.29, 1.82) is 0 Å². The molecule has 0 aliphatic heterocycles. The highest BCUT2D eigenvalue weighted by molar-refractivity contribution is 5.93. The lowest BCUT2D eigenvalue weighted by atomic mass is 10.1. The minimum atomic E-state index is -0.00908. The fourth-order valence-electron chi connectivity index (χ4n) is 3.13. The molecule has 2 N–H and O–H groups in total. The van der Waals surface area contributed by atoms with Crippen LogP contribution in [0.15, 0.2) is 65.8 Å². The quantitative estimate of drug-likeness (QED) is 0.424. The number of aliphatic imine (C=N–C) groups is 1. The van der Waals surface area contributed by atoms with E-state index in [-0.39, 0.29) is 5.91 Å². The standard InChI is InChI=1S/C26H31N5O2/c1-18-6-11-23(14-19(18)2)33-24-15-21(12-13-28-24)17-30-26(27-3)29-16-20-7-9-22(10-8-20)25(32)31(4)5/h6-15H,16-17H2,1-5H3,(H2,27,29,30). The Hall–Kier alpha value is -3.87. The lowest BCUT2D eigenvalue weighted by Gasteiger charge is -2.13. The summed E-state index contributed by atoms with van der Waals surface area (Å²) in [5.41, 5.74) is 5.16. The smallest absolute Gasteiger partial charge is 0.253 e. The van der Waals surface area contributed by atoms with E-state index < -0.39 is 0 Å². The van der Waals surface area contributed by atoms with E-state index in [4.69, 9.17) is 4.74 Å². The van der Waals surface area contributed by atoms with Crippen LogP contribution in [-0.4, -0.2) is 42.9 Å². The number of aryl methyl sites for hydroxylation is 2. The molecule has 7 nitrogen and oxygen atoms in total. The van der Waals surface area contributed by atoms with Gasteiger partial charge in [0.2, 0.25) is 5.88 Å². The van der Waals surface area contributed by atoms with Crippen LogP contribution in [0.25, 0.3) is 0 Å². The first-order valence-electron chi connectivity index (χ1n) is 10.8. The van der Waals surface area contributed by atoms with Crippen molar-refractivity contribution in [2.75, 3.05) is 21.1 Å². The molecular formula is C26H31N5O2. The van der Waals surface area contributed by atoms with Crippen molar-refractivity contribution in [2.45, 2.75) is 26.9 Å². The summed E-state index contributed by atoms with van der Waals surface area (Å²) in [6.07, 6.45) is 1.74. The maximum atomic E-state index is 12.0. The van der Waals surface area contributed by atoms with Gasteiger partial charge in [-0.1, -0.05) is 18.2 Å². The number of guanidine groups is 1. The van der Waals surface area contributed by atoms with E-state index in [1.165, 1.54) is 11.1 Å². The van der Waals surface area contributed by atoms with Gasteiger partial charge in [-0.25, -0.2) is 4.98 Å². The number of pyridine rings is 1. The molecule has 1 aromatic heterocycles. The molecule has 0 aliphatic carbocycles. The third-order valence-electron chi connectivity index (χ3n) is 5.25. The van der Waals surface area contributed by atoms with Gasteiger partial charge >= 0.3 is 0 Å². The van der Waals surface area contributed by atoms with Crippen LogP contribution in [0.5, 0.6) is 11.6 Å². The number of nitrogens with one attached hydrogen (secondary N) is 2. The number of carbonyl (C=O) groups excluding carboxylic acids is 1. The molecule has 33 heavy (non-hydrogen) atoms. The van der Waals surface area contributed by atoms with Crippen molar-refractivity contribution < 1.29 is 9.53 Å². The molecule has 0 spiro atoms. The van der Waals surface area contributed by atoms with Gasteiger partial charge in [-0.05, 0) is 66.4 Å². The number of amides is 1. The van der Waals surface area contributed by atoms with E-state index in [0.717, 1.165) is 16.9 Å². The summed E-state index contributed by atoms with van der Waals surface area (Å²) in [6, 6.07) is 17.4. The maximum absolute atomic E-state index is 12.0. The Morgan fingerprint density at radius 1 is 0.939 bits per heavy atom. The predicted molar refractivity (Wildman–Crippen MR) is 132 cm³/mol. The second kappa shape index (κ2) is 11.1. The third kappa shape index (κ3) is 6.80. The van der Waals surface area contributed by atoms with Crippen molar-refractivity contribution in [3.8, 4) is 11.6 Å². The van der Waals surface area contributed by atoms with Gasteiger partial charge in [0, 0.05) is 52.1 Å². The van der Waals surface area contributed by atoms with Crippen LogP contribution in [0.1, 0.15) is 32.6 Å². The second-order valence-corrected chi connectivity index (χ2v) is 8.03. The van der Waals surface area contributed by atoms with Crippen molar-refractivity contribution in [3.05, 3.63) is 88.6 Å². The van der Waals surface area contributed by atoms with Crippen molar-refractivity contribution in [2.24, 2.45) is 4.99 Å². The molecule has 0 fully saturated rings. The molecule has 3 aromatic rings. The monoisotopic (exact) mass is 445 g/mol. The minimum Gasteiger partial charge on any atom is -0.439 e. The van der Waals surface area contributed by atoms with E-state index >= 15 is 0 Å². The Bertz CT molecular complexity index is 1120. The molecule has 0 atom stereocenters. The topological polar surface area (TPSA) is 78.9 Å². The molecule has 1 amide bonds. The van der Waals surface area contributed by atoms with Gasteiger partial charge in [0.1, 0.15) is 5.75 Å². The molecule has 0 unspecified atom stereocenters. The first kappa shape index (κ1) is 23.8. The highest BCUT2D eigenvalue weighted by Crippen LogP contribution is 2.22. The van der Waals surface area contributed by atoms with Crippen LogP contribution in [0.4, 0.5) is 0 Å². The first-order valence-corrected chi connectivity index (χ1v) is 10.8. The molecule has 3 rings (SSSR count). The average Bonchev–Trinajstić information content (AvgIpc) is 2.81. The van der Waals surface area contributed by atoms with Crippen molar-refractivity contribution >= 4 is 11.9 Å². The third-order valence-corrected chi connectivity index (χ3v) is 5.25. The number of rotatable bonds is 7. The Labute approximate surface area is 195 Å². The Balaban J connectivity index is 1.53. The van der Waals surface area contributed by atoms with Gasteiger partial charge < -0.3 is 20.3 Å². The van der Waals surface area contributed by atoms with E-state index in [9.17, 15) is 4.79 Å². The number of hydrogen-bond donors (Lipinski definition) is 2. The maximum Gasteiger partial charge on any atom is 0.253 e. The van der Waals surface area contributed by atoms with Gasteiger partial charge in [0.25, 0.3) is 5.91 Å². The molecule has 0 saturated carbocycles. The average molecular weight is 446 g/mol. The number of ether oxygens (including phenoxy) is 1. The molecule has 0 saturated heterocycles. The number of hydrogen-bond acceptors (Lipinski definition) is 4.